The number of hydrogen-bond donors (Lipinski definition) is 1. The molecular formula is C18H28N2O2. The van der Waals surface area contributed by atoms with Crippen LogP contribution >= 0.6 is 0 Å². The van der Waals surface area contributed by atoms with Gasteiger partial charge in [-0.3, -0.25) is 4.79 Å². The molecule has 0 spiro atoms. The van der Waals surface area contributed by atoms with Crippen molar-refractivity contribution < 1.29 is 9.53 Å². The Morgan fingerprint density at radius 3 is 2.68 bits per heavy atom. The number of nitrogens with one attached hydrogen (secondary N) is 1. The number of carbonyl (C=O) groups is 1. The van der Waals surface area contributed by atoms with Crippen molar-refractivity contribution >= 4 is 5.91 Å². The van der Waals surface area contributed by atoms with Gasteiger partial charge in [-0.05, 0) is 70.4 Å². The van der Waals surface area contributed by atoms with E-state index in [0.717, 1.165) is 37.2 Å². The first-order valence-corrected chi connectivity index (χ1v) is 8.23. The third kappa shape index (κ3) is 4.23. The Bertz CT molecular complexity index is 508. The number of piperidine rings is 1. The Hall–Kier alpha value is -1.55. The second-order valence-electron chi connectivity index (χ2n) is 6.30. The summed E-state index contributed by atoms with van der Waals surface area (Å²) in [6.45, 7) is 8.16. The normalized spacial score (nSPS) is 18.0. The van der Waals surface area contributed by atoms with Gasteiger partial charge in [-0.15, -0.1) is 0 Å². The van der Waals surface area contributed by atoms with Crippen LogP contribution in [0.15, 0.2) is 18.2 Å². The van der Waals surface area contributed by atoms with Crippen molar-refractivity contribution in [3.63, 3.8) is 0 Å². The molecule has 0 bridgehead atoms. The van der Waals surface area contributed by atoms with Crippen LogP contribution in [0, 0.1) is 13.8 Å². The number of likely N-dealkylation sites (tertiary alicyclic amines) is 1. The van der Waals surface area contributed by atoms with Gasteiger partial charge in [0.25, 0.3) is 5.91 Å². The summed E-state index contributed by atoms with van der Waals surface area (Å²) in [4.78, 5) is 14.8. The number of ether oxygens (including phenoxy) is 1. The summed E-state index contributed by atoms with van der Waals surface area (Å²) in [5.74, 6) is 0.823. The minimum absolute atomic E-state index is 0.0120. The summed E-state index contributed by atoms with van der Waals surface area (Å²) >= 11 is 0. The quantitative estimate of drug-likeness (QED) is 0.909. The van der Waals surface area contributed by atoms with Crippen molar-refractivity contribution in [3.05, 3.63) is 29.3 Å². The van der Waals surface area contributed by atoms with Crippen LogP contribution in [0.1, 0.15) is 37.3 Å². The van der Waals surface area contributed by atoms with Crippen molar-refractivity contribution in [3.8, 4) is 5.75 Å². The number of rotatable bonds is 5. The third-order valence-corrected chi connectivity index (χ3v) is 4.55. The Labute approximate surface area is 133 Å². The zero-order chi connectivity index (χ0) is 16.1. The van der Waals surface area contributed by atoms with E-state index in [-0.39, 0.29) is 11.9 Å². The summed E-state index contributed by atoms with van der Waals surface area (Å²) in [5, 5.41) is 3.15. The predicted octanol–water partition coefficient (Wildman–Crippen LogP) is 2.67. The Balaban J connectivity index is 1.95. The Morgan fingerprint density at radius 2 is 2.05 bits per heavy atom. The smallest absolute Gasteiger partial charge is 0.261 e. The van der Waals surface area contributed by atoms with Crippen molar-refractivity contribution in [2.75, 3.05) is 20.1 Å². The first-order chi connectivity index (χ1) is 10.5. The lowest BCUT2D eigenvalue weighted by atomic mass is 10.0. The molecule has 1 fully saturated rings. The summed E-state index contributed by atoms with van der Waals surface area (Å²) in [5.41, 5.74) is 2.29. The Morgan fingerprint density at radius 1 is 1.36 bits per heavy atom. The van der Waals surface area contributed by atoms with Crippen molar-refractivity contribution in [2.45, 2.75) is 52.2 Å². The molecule has 4 heteroatoms. The highest BCUT2D eigenvalue weighted by Crippen LogP contribution is 2.22. The maximum Gasteiger partial charge on any atom is 0.261 e. The lowest BCUT2D eigenvalue weighted by Gasteiger charge is -2.30. The third-order valence-electron chi connectivity index (χ3n) is 4.55. The van der Waals surface area contributed by atoms with E-state index in [0.29, 0.717) is 6.42 Å². The summed E-state index contributed by atoms with van der Waals surface area (Å²) in [6, 6.07) is 6.24. The average molecular weight is 304 g/mol. The van der Waals surface area contributed by atoms with Crippen LogP contribution in [-0.2, 0) is 4.79 Å². The maximum atomic E-state index is 12.5. The molecule has 1 aromatic carbocycles. The molecule has 0 radical (unpaired) electrons. The topological polar surface area (TPSA) is 41.6 Å². The molecule has 0 aromatic heterocycles. The molecule has 1 saturated heterocycles. The summed E-state index contributed by atoms with van der Waals surface area (Å²) in [7, 11) is 2.12. The second kappa shape index (κ2) is 7.63. The predicted molar refractivity (Wildman–Crippen MR) is 89.3 cm³/mol. The Kier molecular flexibility index (Phi) is 5.83. The molecule has 1 heterocycles. The standard InChI is InChI=1S/C18H28N2O2/c1-5-16(22-17-8-6-7-13(2)14(17)3)18(21)19-15-9-11-20(4)12-10-15/h6-8,15-16H,5,9-12H2,1-4H3,(H,19,21)/t16-/m1/s1. The fraction of sp³-hybridized carbons (Fsp3) is 0.611. The van der Waals surface area contributed by atoms with Gasteiger partial charge in [0.2, 0.25) is 0 Å². The van der Waals surface area contributed by atoms with Gasteiger partial charge < -0.3 is 15.0 Å². The van der Waals surface area contributed by atoms with Crippen LogP contribution in [0.3, 0.4) is 0 Å². The molecule has 122 valence electrons. The second-order valence-corrected chi connectivity index (χ2v) is 6.30. The largest absolute Gasteiger partial charge is 0.480 e. The summed E-state index contributed by atoms with van der Waals surface area (Å²) in [6.07, 6.45) is 2.29. The van der Waals surface area contributed by atoms with Gasteiger partial charge in [-0.2, -0.15) is 0 Å². The minimum atomic E-state index is -0.417. The van der Waals surface area contributed by atoms with Crippen molar-refractivity contribution in [2.24, 2.45) is 0 Å². The molecule has 0 aliphatic carbocycles. The van der Waals surface area contributed by atoms with Crippen LogP contribution in [0.2, 0.25) is 0 Å². The van der Waals surface area contributed by atoms with Gasteiger partial charge in [0, 0.05) is 6.04 Å². The van der Waals surface area contributed by atoms with Gasteiger partial charge in [0.1, 0.15) is 5.75 Å². The van der Waals surface area contributed by atoms with E-state index in [9.17, 15) is 4.79 Å². The first-order valence-electron chi connectivity index (χ1n) is 8.23. The highest BCUT2D eigenvalue weighted by atomic mass is 16.5. The van der Waals surface area contributed by atoms with Crippen LogP contribution in [0.25, 0.3) is 0 Å². The molecule has 1 amide bonds. The molecule has 1 N–H and O–H groups in total. The van der Waals surface area contributed by atoms with Crippen LogP contribution in [0.5, 0.6) is 5.75 Å². The van der Waals surface area contributed by atoms with Gasteiger partial charge >= 0.3 is 0 Å². The van der Waals surface area contributed by atoms with Gasteiger partial charge in [0.05, 0.1) is 0 Å². The molecule has 1 aromatic rings. The molecule has 1 aliphatic rings. The number of carbonyl (C=O) groups excluding carboxylic acids is 1. The average Bonchev–Trinajstić information content (AvgIpc) is 2.51. The van der Waals surface area contributed by atoms with E-state index < -0.39 is 6.10 Å². The van der Waals surface area contributed by atoms with Crippen LogP contribution < -0.4 is 10.1 Å². The zero-order valence-corrected chi connectivity index (χ0v) is 14.2. The van der Waals surface area contributed by atoms with Crippen LogP contribution in [0.4, 0.5) is 0 Å². The molecule has 4 nitrogen and oxygen atoms in total. The number of aryl methyl sites for hydroxylation is 1. The highest BCUT2D eigenvalue weighted by molar-refractivity contribution is 5.81. The molecule has 1 aliphatic heterocycles. The summed E-state index contributed by atoms with van der Waals surface area (Å²) < 4.78 is 5.98. The van der Waals surface area contributed by atoms with E-state index in [1.807, 2.05) is 26.0 Å². The fourth-order valence-corrected chi connectivity index (χ4v) is 2.77. The van der Waals surface area contributed by atoms with E-state index >= 15 is 0 Å². The lowest BCUT2D eigenvalue weighted by Crippen LogP contribution is -2.48. The van der Waals surface area contributed by atoms with Crippen molar-refractivity contribution in [1.29, 1.82) is 0 Å². The van der Waals surface area contributed by atoms with Crippen LogP contribution in [-0.4, -0.2) is 43.1 Å². The fourth-order valence-electron chi connectivity index (χ4n) is 2.77. The molecule has 0 unspecified atom stereocenters. The lowest BCUT2D eigenvalue weighted by molar-refractivity contribution is -0.129. The number of nitrogens with zero attached hydrogens (tertiary/aromatic N) is 1. The number of benzene rings is 1. The van der Waals surface area contributed by atoms with E-state index in [4.69, 9.17) is 4.74 Å². The highest BCUT2D eigenvalue weighted by Gasteiger charge is 2.24. The monoisotopic (exact) mass is 304 g/mol. The number of hydrogen-bond acceptors (Lipinski definition) is 3. The number of amides is 1. The molecule has 0 saturated carbocycles. The van der Waals surface area contributed by atoms with E-state index in [1.165, 1.54) is 5.56 Å². The van der Waals surface area contributed by atoms with E-state index in [1.54, 1.807) is 0 Å². The molecular weight excluding hydrogens is 276 g/mol. The molecule has 2 rings (SSSR count). The van der Waals surface area contributed by atoms with Crippen molar-refractivity contribution in [1.82, 2.24) is 10.2 Å². The molecule has 1 atom stereocenters. The SMILES string of the molecule is CC[C@@H](Oc1cccc(C)c1C)C(=O)NC1CCN(C)CC1. The minimum Gasteiger partial charge on any atom is -0.480 e. The zero-order valence-electron chi connectivity index (χ0n) is 14.2. The van der Waals surface area contributed by atoms with Gasteiger partial charge in [-0.1, -0.05) is 19.1 Å². The van der Waals surface area contributed by atoms with Gasteiger partial charge in [0.15, 0.2) is 6.10 Å². The molecule has 22 heavy (non-hydrogen) atoms. The first kappa shape index (κ1) is 16.8. The van der Waals surface area contributed by atoms with E-state index in [2.05, 4.69) is 30.3 Å². The maximum absolute atomic E-state index is 12.5. The van der Waals surface area contributed by atoms with Gasteiger partial charge in [-0.25, -0.2) is 0 Å².